The molecule has 1 aliphatic heterocycles. The molecule has 1 saturated heterocycles. The van der Waals surface area contributed by atoms with E-state index in [0.717, 1.165) is 36.8 Å². The zero-order valence-corrected chi connectivity index (χ0v) is 16.7. The van der Waals surface area contributed by atoms with Crippen molar-refractivity contribution in [1.82, 2.24) is 4.90 Å². The van der Waals surface area contributed by atoms with Crippen molar-refractivity contribution < 1.29 is 19.1 Å². The Hall–Kier alpha value is -2.60. The maximum atomic E-state index is 13.3. The quantitative estimate of drug-likeness (QED) is 0.723. The number of thioether (sulfide) groups is 1. The lowest BCUT2D eigenvalue weighted by molar-refractivity contribution is -0.130. The lowest BCUT2D eigenvalue weighted by atomic mass is 9.92. The zero-order valence-electron chi connectivity index (χ0n) is 15.9. The Balaban J connectivity index is 1.62. The van der Waals surface area contributed by atoms with Gasteiger partial charge in [0.05, 0.1) is 10.5 Å². The molecule has 4 rings (SSSR count). The summed E-state index contributed by atoms with van der Waals surface area (Å²) in [7, 11) is 0. The van der Waals surface area contributed by atoms with E-state index in [1.54, 1.807) is 48.2 Å². The zero-order chi connectivity index (χ0) is 20.4. The van der Waals surface area contributed by atoms with E-state index in [1.807, 2.05) is 11.0 Å². The second kappa shape index (κ2) is 8.41. The first-order chi connectivity index (χ1) is 14.0. The number of carboxylic acids is 1. The van der Waals surface area contributed by atoms with Crippen LogP contribution in [0.2, 0.25) is 0 Å². The Morgan fingerprint density at radius 3 is 2.48 bits per heavy atom. The standard InChI is InChI=1S/C23H22FNO3S/c24-18-11-7-16(8-12-18)14-25-19-3-1-2-4-20(19)29-21(22(25)26)13-15-5-9-17(10-6-15)23(27)28/h5-13,19-20H,1-4,14H2,(H,27,28)/b21-13+. The molecule has 1 saturated carbocycles. The molecule has 29 heavy (non-hydrogen) atoms. The average molecular weight is 411 g/mol. The minimum absolute atomic E-state index is 0.00946. The van der Waals surface area contributed by atoms with Crippen LogP contribution < -0.4 is 0 Å². The summed E-state index contributed by atoms with van der Waals surface area (Å²) in [4.78, 5) is 27.0. The van der Waals surface area contributed by atoms with Gasteiger partial charge in [0.2, 0.25) is 0 Å². The highest BCUT2D eigenvalue weighted by atomic mass is 32.2. The van der Waals surface area contributed by atoms with Crippen LogP contribution in [0.25, 0.3) is 6.08 Å². The number of halogens is 1. The van der Waals surface area contributed by atoms with E-state index in [0.29, 0.717) is 16.7 Å². The van der Waals surface area contributed by atoms with Crippen LogP contribution in [0.15, 0.2) is 53.4 Å². The van der Waals surface area contributed by atoms with Gasteiger partial charge in [-0.15, -0.1) is 11.8 Å². The van der Waals surface area contributed by atoms with Crippen LogP contribution in [-0.2, 0) is 11.3 Å². The molecule has 6 heteroatoms. The predicted octanol–water partition coefficient (Wildman–Crippen LogP) is 4.95. The Bertz CT molecular complexity index is 940. The monoisotopic (exact) mass is 411 g/mol. The molecule has 2 aromatic carbocycles. The molecule has 0 spiro atoms. The Kier molecular flexibility index (Phi) is 5.72. The summed E-state index contributed by atoms with van der Waals surface area (Å²) < 4.78 is 13.3. The van der Waals surface area contributed by atoms with Crippen LogP contribution in [-0.4, -0.2) is 33.2 Å². The summed E-state index contributed by atoms with van der Waals surface area (Å²) in [5.41, 5.74) is 1.95. The van der Waals surface area contributed by atoms with Gasteiger partial charge in [-0.25, -0.2) is 9.18 Å². The van der Waals surface area contributed by atoms with E-state index >= 15 is 0 Å². The van der Waals surface area contributed by atoms with Crippen LogP contribution >= 0.6 is 11.8 Å². The lowest BCUT2D eigenvalue weighted by Crippen LogP contribution is -2.50. The first kappa shape index (κ1) is 19.7. The van der Waals surface area contributed by atoms with Crippen LogP contribution in [0.5, 0.6) is 0 Å². The first-order valence-electron chi connectivity index (χ1n) is 9.78. The fourth-order valence-corrected chi connectivity index (χ4v) is 5.49. The van der Waals surface area contributed by atoms with E-state index in [-0.39, 0.29) is 23.3 Å². The molecule has 150 valence electrons. The van der Waals surface area contributed by atoms with Gasteiger partial charge in [0.15, 0.2) is 0 Å². The molecule has 0 bridgehead atoms. The largest absolute Gasteiger partial charge is 0.478 e. The molecule has 0 radical (unpaired) electrons. The summed E-state index contributed by atoms with van der Waals surface area (Å²) in [5.74, 6) is -1.26. The Morgan fingerprint density at radius 2 is 1.79 bits per heavy atom. The van der Waals surface area contributed by atoms with Crippen molar-refractivity contribution in [1.29, 1.82) is 0 Å². The third kappa shape index (κ3) is 4.37. The van der Waals surface area contributed by atoms with Crippen molar-refractivity contribution >= 4 is 29.7 Å². The molecule has 2 aromatic rings. The van der Waals surface area contributed by atoms with Gasteiger partial charge in [0.1, 0.15) is 5.82 Å². The van der Waals surface area contributed by atoms with Crippen molar-refractivity contribution in [3.05, 3.63) is 75.9 Å². The number of carbonyl (C=O) groups is 2. The highest BCUT2D eigenvalue weighted by Crippen LogP contribution is 2.42. The molecule has 1 aliphatic carbocycles. The topological polar surface area (TPSA) is 57.6 Å². The predicted molar refractivity (Wildman–Crippen MR) is 112 cm³/mol. The summed E-state index contributed by atoms with van der Waals surface area (Å²) in [6.45, 7) is 0.468. The fourth-order valence-electron chi connectivity index (χ4n) is 4.02. The van der Waals surface area contributed by atoms with Crippen LogP contribution in [0.1, 0.15) is 47.2 Å². The molecule has 0 aromatic heterocycles. The third-order valence-corrected chi connectivity index (χ3v) is 6.94. The summed E-state index contributed by atoms with van der Waals surface area (Å²) in [6, 6.07) is 13.1. The maximum absolute atomic E-state index is 13.3. The van der Waals surface area contributed by atoms with Gasteiger partial charge in [-0.2, -0.15) is 0 Å². The minimum atomic E-state index is -0.970. The Labute approximate surface area is 173 Å². The second-order valence-corrected chi connectivity index (χ2v) is 8.78. The van der Waals surface area contributed by atoms with Gasteiger partial charge < -0.3 is 10.0 Å². The van der Waals surface area contributed by atoms with Gasteiger partial charge in [0, 0.05) is 17.8 Å². The number of nitrogens with zero attached hydrogens (tertiary/aromatic N) is 1. The number of benzene rings is 2. The van der Waals surface area contributed by atoms with Crippen molar-refractivity contribution in [2.75, 3.05) is 0 Å². The van der Waals surface area contributed by atoms with E-state index in [4.69, 9.17) is 5.11 Å². The highest BCUT2D eigenvalue weighted by molar-refractivity contribution is 8.04. The number of aromatic carboxylic acids is 1. The van der Waals surface area contributed by atoms with Gasteiger partial charge >= 0.3 is 5.97 Å². The number of hydrogen-bond acceptors (Lipinski definition) is 3. The van der Waals surface area contributed by atoms with Gasteiger partial charge in [-0.05, 0) is 54.3 Å². The first-order valence-corrected chi connectivity index (χ1v) is 10.7. The summed E-state index contributed by atoms with van der Waals surface area (Å²) >= 11 is 1.64. The molecule has 1 N–H and O–H groups in total. The third-order valence-electron chi connectivity index (χ3n) is 5.54. The van der Waals surface area contributed by atoms with Crippen molar-refractivity contribution in [3.63, 3.8) is 0 Å². The van der Waals surface area contributed by atoms with Gasteiger partial charge in [-0.1, -0.05) is 37.1 Å². The molecule has 1 heterocycles. The second-order valence-electron chi connectivity index (χ2n) is 7.50. The minimum Gasteiger partial charge on any atom is -0.478 e. The molecule has 2 unspecified atom stereocenters. The van der Waals surface area contributed by atoms with Gasteiger partial charge in [-0.3, -0.25) is 4.79 Å². The average Bonchev–Trinajstić information content (AvgIpc) is 2.73. The molecular formula is C23H22FNO3S. The molecule has 4 nitrogen and oxygen atoms in total. The molecule has 2 atom stereocenters. The number of amides is 1. The molecule has 2 aliphatic rings. The number of carbonyl (C=O) groups excluding carboxylic acids is 1. The van der Waals surface area contributed by atoms with E-state index in [1.165, 1.54) is 12.1 Å². The van der Waals surface area contributed by atoms with Crippen LogP contribution in [0.3, 0.4) is 0 Å². The maximum Gasteiger partial charge on any atom is 0.335 e. The summed E-state index contributed by atoms with van der Waals surface area (Å²) in [6.07, 6.45) is 6.18. The smallest absolute Gasteiger partial charge is 0.335 e. The lowest BCUT2D eigenvalue weighted by Gasteiger charge is -2.44. The van der Waals surface area contributed by atoms with Crippen LogP contribution in [0.4, 0.5) is 4.39 Å². The Morgan fingerprint density at radius 1 is 1.10 bits per heavy atom. The SMILES string of the molecule is O=C(O)c1ccc(/C=C2/SC3CCCCC3N(Cc3ccc(F)cc3)C2=O)cc1. The van der Waals surface area contributed by atoms with E-state index < -0.39 is 5.97 Å². The molecule has 2 fully saturated rings. The number of fused-ring (bicyclic) bond motifs is 1. The fraction of sp³-hybridized carbons (Fsp3) is 0.304. The van der Waals surface area contributed by atoms with Crippen LogP contribution in [0, 0.1) is 5.82 Å². The van der Waals surface area contributed by atoms with Crippen molar-refractivity contribution in [2.24, 2.45) is 0 Å². The van der Waals surface area contributed by atoms with Crippen molar-refractivity contribution in [3.8, 4) is 0 Å². The normalized spacial score (nSPS) is 23.1. The summed E-state index contributed by atoms with van der Waals surface area (Å²) in [5, 5.41) is 9.41. The molecular weight excluding hydrogens is 389 g/mol. The van der Waals surface area contributed by atoms with Crippen molar-refractivity contribution in [2.45, 2.75) is 43.5 Å². The van der Waals surface area contributed by atoms with E-state index in [9.17, 15) is 14.0 Å². The number of rotatable bonds is 4. The molecule has 1 amide bonds. The number of hydrogen-bond donors (Lipinski definition) is 1. The highest BCUT2D eigenvalue weighted by Gasteiger charge is 2.40. The number of carboxylic acid groups (broad SMARTS) is 1. The van der Waals surface area contributed by atoms with Gasteiger partial charge in [0.25, 0.3) is 5.91 Å². The van der Waals surface area contributed by atoms with E-state index in [2.05, 4.69) is 0 Å².